The molecule has 0 aliphatic carbocycles. The van der Waals surface area contributed by atoms with Gasteiger partial charge in [-0.1, -0.05) is 6.92 Å². The van der Waals surface area contributed by atoms with Gasteiger partial charge in [-0.15, -0.1) is 0 Å². The van der Waals surface area contributed by atoms with Gasteiger partial charge in [0, 0.05) is 14.1 Å². The minimum absolute atomic E-state index is 0.0757. The molecular weight excluding hydrogens is 218 g/mol. The van der Waals surface area contributed by atoms with E-state index in [1.807, 2.05) is 20.8 Å². The van der Waals surface area contributed by atoms with E-state index < -0.39 is 5.54 Å². The number of rotatable bonds is 4. The van der Waals surface area contributed by atoms with Crippen molar-refractivity contribution in [3.63, 3.8) is 0 Å². The molecule has 0 saturated heterocycles. The van der Waals surface area contributed by atoms with Crippen LogP contribution in [0.15, 0.2) is 6.07 Å². The first-order valence-corrected chi connectivity index (χ1v) is 5.75. The average Bonchev–Trinajstić information content (AvgIpc) is 2.68. The molecule has 0 spiro atoms. The number of aliphatic hydroxyl groups excluding tert-OH is 1. The summed E-state index contributed by atoms with van der Waals surface area (Å²) in [7, 11) is 3.45. The highest BCUT2D eigenvalue weighted by molar-refractivity contribution is 5.93. The summed E-state index contributed by atoms with van der Waals surface area (Å²) in [6.07, 6.45) is 0.800. The van der Waals surface area contributed by atoms with Crippen LogP contribution in [0.2, 0.25) is 0 Å². The van der Waals surface area contributed by atoms with Gasteiger partial charge < -0.3 is 10.0 Å². The number of hydrogen-bond acceptors (Lipinski definition) is 3. The summed E-state index contributed by atoms with van der Waals surface area (Å²) in [5, 5.41) is 13.5. The standard InChI is InChI=1S/C12H21N3O2/c1-6-9-7-10(15(5)13-9)11(17)14(4)12(2,3)8-16/h7,16H,6,8H2,1-5H3. The Hall–Kier alpha value is -1.36. The molecule has 0 radical (unpaired) electrons. The van der Waals surface area contributed by atoms with Crippen molar-refractivity contribution < 1.29 is 9.90 Å². The highest BCUT2D eigenvalue weighted by Crippen LogP contribution is 2.15. The second-order valence-corrected chi connectivity index (χ2v) is 4.83. The first-order valence-electron chi connectivity index (χ1n) is 5.75. The molecule has 0 aromatic carbocycles. The predicted octanol–water partition coefficient (Wildman–Crippen LogP) is 0.825. The molecule has 0 bridgehead atoms. The topological polar surface area (TPSA) is 58.4 Å². The van der Waals surface area contributed by atoms with E-state index >= 15 is 0 Å². The van der Waals surface area contributed by atoms with Crippen molar-refractivity contribution in [1.29, 1.82) is 0 Å². The van der Waals surface area contributed by atoms with Crippen LogP contribution in [-0.2, 0) is 13.5 Å². The molecule has 96 valence electrons. The zero-order chi connectivity index (χ0) is 13.2. The maximum atomic E-state index is 12.3. The fourth-order valence-corrected chi connectivity index (χ4v) is 1.45. The Morgan fingerprint density at radius 3 is 2.59 bits per heavy atom. The van der Waals surface area contributed by atoms with Crippen LogP contribution >= 0.6 is 0 Å². The van der Waals surface area contributed by atoms with Gasteiger partial charge in [0.05, 0.1) is 17.8 Å². The van der Waals surface area contributed by atoms with Gasteiger partial charge >= 0.3 is 0 Å². The first-order chi connectivity index (χ1) is 7.83. The Balaban J connectivity index is 3.00. The Labute approximate surface area is 102 Å². The van der Waals surface area contributed by atoms with Crippen LogP contribution in [0, 0.1) is 0 Å². The molecule has 1 heterocycles. The number of hydrogen-bond donors (Lipinski definition) is 1. The van der Waals surface area contributed by atoms with E-state index in [1.165, 1.54) is 0 Å². The van der Waals surface area contributed by atoms with Gasteiger partial charge in [0.25, 0.3) is 5.91 Å². The Morgan fingerprint density at radius 1 is 1.59 bits per heavy atom. The lowest BCUT2D eigenvalue weighted by molar-refractivity contribution is 0.0463. The SMILES string of the molecule is CCc1cc(C(=O)N(C)C(C)(C)CO)n(C)n1. The maximum absolute atomic E-state index is 12.3. The minimum atomic E-state index is -0.576. The van der Waals surface area contributed by atoms with Crippen molar-refractivity contribution in [3.05, 3.63) is 17.5 Å². The van der Waals surface area contributed by atoms with Gasteiger partial charge in [-0.3, -0.25) is 9.48 Å². The van der Waals surface area contributed by atoms with Crippen LogP contribution in [0.25, 0.3) is 0 Å². The van der Waals surface area contributed by atoms with Crippen LogP contribution in [0.3, 0.4) is 0 Å². The summed E-state index contributed by atoms with van der Waals surface area (Å²) in [4.78, 5) is 13.8. The van der Waals surface area contributed by atoms with E-state index in [0.717, 1.165) is 12.1 Å². The molecule has 0 aliphatic heterocycles. The summed E-state index contributed by atoms with van der Waals surface area (Å²) >= 11 is 0. The van der Waals surface area contributed by atoms with Crippen molar-refractivity contribution in [2.45, 2.75) is 32.7 Å². The summed E-state index contributed by atoms with van der Waals surface area (Å²) < 4.78 is 1.59. The number of nitrogens with zero attached hydrogens (tertiary/aromatic N) is 3. The third-order valence-electron chi connectivity index (χ3n) is 3.11. The fraction of sp³-hybridized carbons (Fsp3) is 0.667. The molecule has 0 fully saturated rings. The van der Waals surface area contributed by atoms with E-state index in [9.17, 15) is 9.90 Å². The Kier molecular flexibility index (Phi) is 3.93. The van der Waals surface area contributed by atoms with Crippen LogP contribution in [-0.4, -0.2) is 44.9 Å². The second-order valence-electron chi connectivity index (χ2n) is 4.83. The number of amides is 1. The molecular formula is C12H21N3O2. The summed E-state index contributed by atoms with van der Waals surface area (Å²) in [5.74, 6) is -0.126. The molecule has 0 unspecified atom stereocenters. The summed E-state index contributed by atoms with van der Waals surface area (Å²) in [5.41, 5.74) is 0.866. The normalized spacial score (nSPS) is 11.6. The van der Waals surface area contributed by atoms with Gasteiger partial charge in [0.1, 0.15) is 5.69 Å². The van der Waals surface area contributed by atoms with E-state index in [2.05, 4.69) is 5.10 Å². The quantitative estimate of drug-likeness (QED) is 0.846. The van der Waals surface area contributed by atoms with Crippen molar-refractivity contribution >= 4 is 5.91 Å². The molecule has 1 N–H and O–H groups in total. The highest BCUT2D eigenvalue weighted by Gasteiger charge is 2.29. The molecule has 0 aliphatic rings. The van der Waals surface area contributed by atoms with Gasteiger partial charge in [0.2, 0.25) is 0 Å². The number of aromatic nitrogens is 2. The monoisotopic (exact) mass is 239 g/mol. The van der Waals surface area contributed by atoms with Crippen LogP contribution in [0.1, 0.15) is 37.0 Å². The van der Waals surface area contributed by atoms with Gasteiger partial charge in [-0.2, -0.15) is 5.10 Å². The fourth-order valence-electron chi connectivity index (χ4n) is 1.45. The molecule has 5 nitrogen and oxygen atoms in total. The number of carbonyl (C=O) groups is 1. The number of aliphatic hydroxyl groups is 1. The lowest BCUT2D eigenvalue weighted by Gasteiger charge is -2.33. The molecule has 17 heavy (non-hydrogen) atoms. The van der Waals surface area contributed by atoms with E-state index in [0.29, 0.717) is 5.69 Å². The van der Waals surface area contributed by atoms with Gasteiger partial charge in [-0.05, 0) is 26.3 Å². The summed E-state index contributed by atoms with van der Waals surface area (Å²) in [6.45, 7) is 5.57. The van der Waals surface area contributed by atoms with Crippen LogP contribution in [0.4, 0.5) is 0 Å². The molecule has 1 rings (SSSR count). The Morgan fingerprint density at radius 2 is 2.18 bits per heavy atom. The first kappa shape index (κ1) is 13.7. The third kappa shape index (κ3) is 2.66. The van der Waals surface area contributed by atoms with E-state index in [1.54, 1.807) is 29.7 Å². The second kappa shape index (κ2) is 4.87. The van der Waals surface area contributed by atoms with Crippen LogP contribution < -0.4 is 0 Å². The molecule has 1 amide bonds. The molecule has 1 aromatic heterocycles. The van der Waals surface area contributed by atoms with Crippen molar-refractivity contribution in [2.24, 2.45) is 7.05 Å². The summed E-state index contributed by atoms with van der Waals surface area (Å²) in [6, 6.07) is 1.80. The predicted molar refractivity (Wildman–Crippen MR) is 65.8 cm³/mol. The van der Waals surface area contributed by atoms with Crippen molar-refractivity contribution in [1.82, 2.24) is 14.7 Å². The zero-order valence-electron chi connectivity index (χ0n) is 11.2. The third-order valence-corrected chi connectivity index (χ3v) is 3.11. The largest absolute Gasteiger partial charge is 0.394 e. The Bertz CT molecular complexity index is 410. The van der Waals surface area contributed by atoms with Crippen LogP contribution in [0.5, 0.6) is 0 Å². The van der Waals surface area contributed by atoms with E-state index in [4.69, 9.17) is 0 Å². The smallest absolute Gasteiger partial charge is 0.272 e. The highest BCUT2D eigenvalue weighted by atomic mass is 16.3. The average molecular weight is 239 g/mol. The van der Waals surface area contributed by atoms with Crippen molar-refractivity contribution in [2.75, 3.05) is 13.7 Å². The zero-order valence-corrected chi connectivity index (χ0v) is 11.2. The van der Waals surface area contributed by atoms with E-state index in [-0.39, 0.29) is 12.5 Å². The number of likely N-dealkylation sites (N-methyl/N-ethyl adjacent to an activating group) is 1. The van der Waals surface area contributed by atoms with Crippen molar-refractivity contribution in [3.8, 4) is 0 Å². The molecule has 5 heteroatoms. The number of aryl methyl sites for hydroxylation is 2. The molecule has 1 aromatic rings. The van der Waals surface area contributed by atoms with Gasteiger partial charge in [0.15, 0.2) is 0 Å². The lowest BCUT2D eigenvalue weighted by atomic mass is 10.0. The molecule has 0 saturated carbocycles. The lowest BCUT2D eigenvalue weighted by Crippen LogP contribution is -2.48. The minimum Gasteiger partial charge on any atom is -0.394 e. The van der Waals surface area contributed by atoms with Gasteiger partial charge in [-0.25, -0.2) is 0 Å². The number of carbonyl (C=O) groups excluding carboxylic acids is 1. The maximum Gasteiger partial charge on any atom is 0.272 e. The molecule has 0 atom stereocenters.